The van der Waals surface area contributed by atoms with Crippen LogP contribution in [-0.2, 0) is 13.6 Å². The van der Waals surface area contributed by atoms with Crippen molar-refractivity contribution >= 4 is 7.82 Å². The van der Waals surface area contributed by atoms with Crippen molar-refractivity contribution in [3.63, 3.8) is 0 Å². The minimum atomic E-state index is -3.92. The monoisotopic (exact) mass is 445 g/mol. The van der Waals surface area contributed by atoms with Crippen LogP contribution in [0.25, 0.3) is 0 Å². The Hall–Kier alpha value is -0.190. The number of nitrogens with zero attached hydrogens (tertiary/aromatic N) is 1. The maximum absolute atomic E-state index is 12.1. The Morgan fingerprint density at radius 2 is 1.37 bits per heavy atom. The third-order valence-electron chi connectivity index (χ3n) is 5.96. The first kappa shape index (κ1) is 27.8. The molecule has 0 amide bonds. The van der Waals surface area contributed by atoms with Gasteiger partial charge in [0.15, 0.2) is 0 Å². The Morgan fingerprint density at radius 1 is 0.900 bits per heavy atom. The van der Waals surface area contributed by atoms with E-state index in [0.717, 1.165) is 45.3 Å². The van der Waals surface area contributed by atoms with Crippen molar-refractivity contribution in [2.45, 2.75) is 116 Å². The minimum absolute atomic E-state index is 0.182. The van der Waals surface area contributed by atoms with Gasteiger partial charge in [-0.05, 0) is 19.3 Å². The summed E-state index contributed by atoms with van der Waals surface area (Å²) in [6.07, 6.45) is 21.3. The molecule has 1 atom stereocenters. The summed E-state index contributed by atoms with van der Waals surface area (Å²) in [6, 6.07) is 0. The van der Waals surface area contributed by atoms with Gasteiger partial charge >= 0.3 is 7.82 Å². The van der Waals surface area contributed by atoms with Crippen molar-refractivity contribution in [2.75, 3.05) is 26.2 Å². The highest BCUT2D eigenvalue weighted by Crippen LogP contribution is 2.46. The third-order valence-corrected chi connectivity index (χ3v) is 7.03. The molecule has 0 aliphatic carbocycles. The van der Waals surface area contributed by atoms with E-state index >= 15 is 0 Å². The molecular formula is C24H48NO4P. The maximum atomic E-state index is 12.1. The standard InChI is InChI=1S/C24H48NO4P/c1-3-5-6-7-8-9-10-11-12-13-14-15-16-17-23-28-30(26,27)29-24-18-21-25(20-4-2)22-19-24/h4,24H,2-3,5-23H2,1H3,(H,26,27). The molecule has 0 aromatic carbocycles. The van der Waals surface area contributed by atoms with E-state index in [-0.39, 0.29) is 6.10 Å². The van der Waals surface area contributed by atoms with Crippen LogP contribution in [0.3, 0.4) is 0 Å². The molecule has 1 fully saturated rings. The second kappa shape index (κ2) is 18.4. The lowest BCUT2D eigenvalue weighted by Crippen LogP contribution is -2.36. The molecule has 5 nitrogen and oxygen atoms in total. The third kappa shape index (κ3) is 15.6. The van der Waals surface area contributed by atoms with Crippen LogP contribution >= 0.6 is 7.82 Å². The highest BCUT2D eigenvalue weighted by atomic mass is 31.2. The summed E-state index contributed by atoms with van der Waals surface area (Å²) in [5, 5.41) is 0. The minimum Gasteiger partial charge on any atom is -0.302 e. The average molecular weight is 446 g/mol. The molecule has 0 spiro atoms. The number of piperidine rings is 1. The summed E-state index contributed by atoms with van der Waals surface area (Å²) in [5.74, 6) is 0. The molecule has 1 heterocycles. The Morgan fingerprint density at radius 3 is 1.83 bits per heavy atom. The number of likely N-dealkylation sites (tertiary alicyclic amines) is 1. The molecule has 178 valence electrons. The fourth-order valence-electron chi connectivity index (χ4n) is 4.08. The lowest BCUT2D eigenvalue weighted by atomic mass is 10.0. The molecular weight excluding hydrogens is 397 g/mol. The predicted molar refractivity (Wildman–Crippen MR) is 127 cm³/mol. The van der Waals surface area contributed by atoms with Gasteiger partial charge in [-0.25, -0.2) is 4.57 Å². The van der Waals surface area contributed by atoms with Crippen LogP contribution in [0.4, 0.5) is 0 Å². The van der Waals surface area contributed by atoms with Crippen LogP contribution in [0.1, 0.15) is 110 Å². The average Bonchev–Trinajstić information content (AvgIpc) is 2.72. The van der Waals surface area contributed by atoms with Crippen LogP contribution < -0.4 is 0 Å². The fraction of sp³-hybridized carbons (Fsp3) is 0.917. The van der Waals surface area contributed by atoms with Gasteiger partial charge in [0.1, 0.15) is 0 Å². The van der Waals surface area contributed by atoms with Gasteiger partial charge in [-0.2, -0.15) is 0 Å². The lowest BCUT2D eigenvalue weighted by Gasteiger charge is -2.31. The predicted octanol–water partition coefficient (Wildman–Crippen LogP) is 7.25. The van der Waals surface area contributed by atoms with E-state index in [4.69, 9.17) is 9.05 Å². The van der Waals surface area contributed by atoms with Crippen molar-refractivity contribution in [2.24, 2.45) is 0 Å². The first-order valence-corrected chi connectivity index (χ1v) is 14.1. The SMILES string of the molecule is C=CCN1CCC(OP(=O)(O)OCCCCCCCCCCCCCCCC)CC1. The summed E-state index contributed by atoms with van der Waals surface area (Å²) >= 11 is 0. The number of rotatable bonds is 20. The van der Waals surface area contributed by atoms with E-state index < -0.39 is 7.82 Å². The molecule has 1 N–H and O–H groups in total. The first-order chi connectivity index (χ1) is 14.6. The number of unbranched alkanes of at least 4 members (excludes halogenated alkanes) is 13. The summed E-state index contributed by atoms with van der Waals surface area (Å²) in [7, 11) is -3.92. The van der Waals surface area contributed by atoms with E-state index in [0.29, 0.717) is 6.61 Å². The van der Waals surface area contributed by atoms with Crippen molar-refractivity contribution in [1.29, 1.82) is 0 Å². The van der Waals surface area contributed by atoms with Gasteiger partial charge in [-0.15, -0.1) is 6.58 Å². The van der Waals surface area contributed by atoms with E-state index in [1.807, 2.05) is 6.08 Å². The van der Waals surface area contributed by atoms with E-state index in [1.165, 1.54) is 77.0 Å². The molecule has 1 aliphatic heterocycles. The van der Waals surface area contributed by atoms with Crippen molar-refractivity contribution in [3.05, 3.63) is 12.7 Å². The molecule has 1 saturated heterocycles. The van der Waals surface area contributed by atoms with Crippen LogP contribution in [0.15, 0.2) is 12.7 Å². The Balaban J connectivity index is 1.88. The molecule has 0 aromatic rings. The molecule has 6 heteroatoms. The zero-order chi connectivity index (χ0) is 21.9. The van der Waals surface area contributed by atoms with Crippen LogP contribution in [0.2, 0.25) is 0 Å². The number of phosphoric acid groups is 1. The Kier molecular flexibility index (Phi) is 17.1. The number of hydrogen-bond donors (Lipinski definition) is 1. The van der Waals surface area contributed by atoms with Gasteiger partial charge in [0.05, 0.1) is 12.7 Å². The van der Waals surface area contributed by atoms with Gasteiger partial charge in [-0.3, -0.25) is 13.9 Å². The molecule has 1 unspecified atom stereocenters. The van der Waals surface area contributed by atoms with E-state index in [1.54, 1.807) is 0 Å². The lowest BCUT2D eigenvalue weighted by molar-refractivity contribution is 0.0604. The van der Waals surface area contributed by atoms with E-state index in [9.17, 15) is 9.46 Å². The Bertz CT molecular complexity index is 452. The van der Waals surface area contributed by atoms with Gasteiger partial charge in [0, 0.05) is 19.6 Å². The highest BCUT2D eigenvalue weighted by molar-refractivity contribution is 7.47. The molecule has 1 aliphatic rings. The summed E-state index contributed by atoms with van der Waals surface area (Å²) in [6.45, 7) is 8.92. The zero-order valence-electron chi connectivity index (χ0n) is 19.6. The molecule has 0 radical (unpaired) electrons. The largest absolute Gasteiger partial charge is 0.472 e. The van der Waals surface area contributed by atoms with Crippen LogP contribution in [-0.4, -0.2) is 42.1 Å². The highest BCUT2D eigenvalue weighted by Gasteiger charge is 2.29. The molecule has 0 aromatic heterocycles. The molecule has 0 saturated carbocycles. The first-order valence-electron chi connectivity index (χ1n) is 12.6. The van der Waals surface area contributed by atoms with Crippen molar-refractivity contribution < 1.29 is 18.5 Å². The van der Waals surface area contributed by atoms with Crippen LogP contribution in [0.5, 0.6) is 0 Å². The van der Waals surface area contributed by atoms with Gasteiger partial charge in [0.2, 0.25) is 0 Å². The van der Waals surface area contributed by atoms with Gasteiger partial charge < -0.3 is 4.89 Å². The van der Waals surface area contributed by atoms with Gasteiger partial charge in [-0.1, -0.05) is 96.5 Å². The summed E-state index contributed by atoms with van der Waals surface area (Å²) in [4.78, 5) is 12.2. The zero-order valence-corrected chi connectivity index (χ0v) is 20.5. The fourth-order valence-corrected chi connectivity index (χ4v) is 5.08. The summed E-state index contributed by atoms with van der Waals surface area (Å²) in [5.41, 5.74) is 0. The second-order valence-corrected chi connectivity index (χ2v) is 10.2. The second-order valence-electron chi connectivity index (χ2n) is 8.79. The molecule has 30 heavy (non-hydrogen) atoms. The number of hydrogen-bond acceptors (Lipinski definition) is 4. The smallest absolute Gasteiger partial charge is 0.302 e. The maximum Gasteiger partial charge on any atom is 0.472 e. The molecule has 1 rings (SSSR count). The van der Waals surface area contributed by atoms with Gasteiger partial charge in [0.25, 0.3) is 0 Å². The van der Waals surface area contributed by atoms with Crippen molar-refractivity contribution in [1.82, 2.24) is 4.90 Å². The quantitative estimate of drug-likeness (QED) is 0.121. The summed E-state index contributed by atoms with van der Waals surface area (Å²) < 4.78 is 22.6. The van der Waals surface area contributed by atoms with Crippen molar-refractivity contribution in [3.8, 4) is 0 Å². The van der Waals surface area contributed by atoms with Crippen LogP contribution in [0, 0.1) is 0 Å². The molecule has 0 bridgehead atoms. The normalized spacial score (nSPS) is 17.8. The Labute approximate surface area is 186 Å². The number of phosphoric ester groups is 1. The van der Waals surface area contributed by atoms with E-state index in [2.05, 4.69) is 18.4 Å². The topological polar surface area (TPSA) is 59.0 Å².